The van der Waals surface area contributed by atoms with Crippen molar-refractivity contribution in [2.75, 3.05) is 0 Å². The second kappa shape index (κ2) is 5.51. The fraction of sp³-hybridized carbons (Fsp3) is 0.417. The van der Waals surface area contributed by atoms with Crippen LogP contribution in [0.3, 0.4) is 0 Å². The van der Waals surface area contributed by atoms with Crippen molar-refractivity contribution in [1.29, 1.82) is 0 Å². The van der Waals surface area contributed by atoms with Crippen LogP contribution in [0.15, 0.2) is 24.3 Å². The van der Waals surface area contributed by atoms with E-state index in [1.807, 2.05) is 24.3 Å². The topological polar surface area (TPSA) is 64.3 Å². The molecule has 0 saturated carbocycles. The van der Waals surface area contributed by atoms with Crippen molar-refractivity contribution in [2.24, 2.45) is 5.84 Å². The number of hydrogen-bond acceptors (Lipinski definition) is 3. The summed E-state index contributed by atoms with van der Waals surface area (Å²) in [5.74, 6) is 5.82. The Morgan fingerprint density at radius 1 is 1.25 bits per heavy atom. The number of benzene rings is 1. The molecule has 1 aromatic carbocycles. The molecule has 0 heterocycles. The maximum Gasteiger partial charge on any atom is 0.274 e. The summed E-state index contributed by atoms with van der Waals surface area (Å²) < 4.78 is 5.41. The van der Waals surface area contributed by atoms with E-state index in [4.69, 9.17) is 10.6 Å². The number of amides is 1. The van der Waals surface area contributed by atoms with Gasteiger partial charge in [-0.15, -0.1) is 0 Å². The number of nitrogens with two attached hydrogens (primary N) is 1. The fourth-order valence-corrected chi connectivity index (χ4v) is 1.31. The number of ether oxygens (including phenoxy) is 1. The molecule has 0 aliphatic carbocycles. The fourth-order valence-electron chi connectivity index (χ4n) is 1.31. The third-order valence-corrected chi connectivity index (χ3v) is 2.37. The third kappa shape index (κ3) is 3.24. The largest absolute Gasteiger partial charge is 0.481 e. The zero-order valence-corrected chi connectivity index (χ0v) is 9.86. The molecule has 4 nitrogen and oxygen atoms in total. The molecule has 3 N–H and O–H groups in total. The highest BCUT2D eigenvalue weighted by Gasteiger charge is 2.12. The summed E-state index contributed by atoms with van der Waals surface area (Å²) in [4.78, 5) is 11.1. The minimum Gasteiger partial charge on any atom is -0.481 e. The van der Waals surface area contributed by atoms with E-state index in [0.717, 1.165) is 0 Å². The second-order valence-corrected chi connectivity index (χ2v) is 3.99. The standard InChI is InChI=1S/C12H18N2O2/c1-8(2)10-4-6-11(7-5-10)16-9(3)12(15)14-13/h4-9H,13H2,1-3H3,(H,14,15). The van der Waals surface area contributed by atoms with Crippen LogP contribution >= 0.6 is 0 Å². The minimum atomic E-state index is -0.588. The molecule has 0 aromatic heterocycles. The molecule has 1 amide bonds. The Hall–Kier alpha value is -1.55. The van der Waals surface area contributed by atoms with Gasteiger partial charge in [0.1, 0.15) is 5.75 Å². The summed E-state index contributed by atoms with van der Waals surface area (Å²) in [6.45, 7) is 5.90. The van der Waals surface area contributed by atoms with Crippen molar-refractivity contribution in [2.45, 2.75) is 32.8 Å². The molecule has 0 spiro atoms. The molecular weight excluding hydrogens is 204 g/mol. The summed E-state index contributed by atoms with van der Waals surface area (Å²) in [6.07, 6.45) is -0.588. The van der Waals surface area contributed by atoms with Gasteiger partial charge in [-0.25, -0.2) is 5.84 Å². The molecule has 0 bridgehead atoms. The predicted octanol–water partition coefficient (Wildman–Crippen LogP) is 1.57. The van der Waals surface area contributed by atoms with E-state index in [0.29, 0.717) is 11.7 Å². The van der Waals surface area contributed by atoms with Gasteiger partial charge >= 0.3 is 0 Å². The molecule has 88 valence electrons. The summed E-state index contributed by atoms with van der Waals surface area (Å²) in [5.41, 5.74) is 3.29. The Morgan fingerprint density at radius 3 is 2.25 bits per heavy atom. The van der Waals surface area contributed by atoms with E-state index in [9.17, 15) is 4.79 Å². The molecule has 16 heavy (non-hydrogen) atoms. The number of hydrazine groups is 1. The number of nitrogens with one attached hydrogen (secondary N) is 1. The van der Waals surface area contributed by atoms with Crippen LogP contribution in [-0.4, -0.2) is 12.0 Å². The van der Waals surface area contributed by atoms with Gasteiger partial charge in [0, 0.05) is 0 Å². The van der Waals surface area contributed by atoms with Gasteiger partial charge in [-0.05, 0) is 30.5 Å². The third-order valence-electron chi connectivity index (χ3n) is 2.37. The second-order valence-electron chi connectivity index (χ2n) is 3.99. The van der Waals surface area contributed by atoms with Crippen molar-refractivity contribution in [1.82, 2.24) is 5.43 Å². The van der Waals surface area contributed by atoms with Crippen LogP contribution in [0.1, 0.15) is 32.3 Å². The first-order chi connectivity index (χ1) is 7.54. The number of carbonyl (C=O) groups is 1. The van der Waals surface area contributed by atoms with Crippen molar-refractivity contribution < 1.29 is 9.53 Å². The highest BCUT2D eigenvalue weighted by Crippen LogP contribution is 2.19. The zero-order valence-electron chi connectivity index (χ0n) is 9.86. The Morgan fingerprint density at radius 2 is 1.81 bits per heavy atom. The van der Waals surface area contributed by atoms with Crippen molar-refractivity contribution >= 4 is 5.91 Å². The lowest BCUT2D eigenvalue weighted by Crippen LogP contribution is -2.40. The molecule has 4 heteroatoms. The molecule has 0 radical (unpaired) electrons. The lowest BCUT2D eigenvalue weighted by molar-refractivity contribution is -0.127. The Kier molecular flexibility index (Phi) is 4.31. The summed E-state index contributed by atoms with van der Waals surface area (Å²) in [6, 6.07) is 7.70. The normalized spacial score (nSPS) is 12.3. The van der Waals surface area contributed by atoms with Crippen LogP contribution in [0.2, 0.25) is 0 Å². The van der Waals surface area contributed by atoms with Gasteiger partial charge in [0.05, 0.1) is 0 Å². The minimum absolute atomic E-state index is 0.340. The summed E-state index contributed by atoms with van der Waals surface area (Å²) in [7, 11) is 0. The maximum absolute atomic E-state index is 11.1. The van der Waals surface area contributed by atoms with Gasteiger partial charge in [-0.2, -0.15) is 0 Å². The number of carbonyl (C=O) groups excluding carboxylic acids is 1. The first-order valence-electron chi connectivity index (χ1n) is 5.31. The molecule has 0 saturated heterocycles. The smallest absolute Gasteiger partial charge is 0.274 e. The van der Waals surface area contributed by atoms with Gasteiger partial charge in [0.2, 0.25) is 0 Å². The predicted molar refractivity (Wildman–Crippen MR) is 63.0 cm³/mol. The average Bonchev–Trinajstić information content (AvgIpc) is 2.28. The van der Waals surface area contributed by atoms with Crippen LogP contribution < -0.4 is 16.0 Å². The average molecular weight is 222 g/mol. The van der Waals surface area contributed by atoms with Gasteiger partial charge in [-0.1, -0.05) is 26.0 Å². The van der Waals surface area contributed by atoms with Crippen LogP contribution in [0, 0.1) is 0 Å². The molecule has 0 aliphatic heterocycles. The molecule has 1 unspecified atom stereocenters. The van der Waals surface area contributed by atoms with Crippen LogP contribution in [0.4, 0.5) is 0 Å². The van der Waals surface area contributed by atoms with E-state index in [1.54, 1.807) is 6.92 Å². The van der Waals surface area contributed by atoms with E-state index in [2.05, 4.69) is 19.3 Å². The molecule has 0 fully saturated rings. The van der Waals surface area contributed by atoms with E-state index in [-0.39, 0.29) is 5.91 Å². The van der Waals surface area contributed by atoms with Crippen LogP contribution in [0.5, 0.6) is 5.75 Å². The van der Waals surface area contributed by atoms with Crippen LogP contribution in [0.25, 0.3) is 0 Å². The van der Waals surface area contributed by atoms with Gasteiger partial charge in [0.15, 0.2) is 6.10 Å². The summed E-state index contributed by atoms with van der Waals surface area (Å²) in [5, 5.41) is 0. The number of rotatable bonds is 4. The van der Waals surface area contributed by atoms with E-state index >= 15 is 0 Å². The molecule has 1 rings (SSSR count). The summed E-state index contributed by atoms with van der Waals surface area (Å²) >= 11 is 0. The van der Waals surface area contributed by atoms with Crippen molar-refractivity contribution in [3.8, 4) is 5.75 Å². The SMILES string of the molecule is CC(Oc1ccc(C(C)C)cc1)C(=O)NN. The Labute approximate surface area is 95.8 Å². The monoisotopic (exact) mass is 222 g/mol. The molecule has 1 aromatic rings. The van der Waals surface area contributed by atoms with E-state index < -0.39 is 6.10 Å². The molecular formula is C12H18N2O2. The maximum atomic E-state index is 11.1. The molecule has 1 atom stereocenters. The lowest BCUT2D eigenvalue weighted by atomic mass is 10.0. The quantitative estimate of drug-likeness (QED) is 0.461. The van der Waals surface area contributed by atoms with E-state index in [1.165, 1.54) is 5.56 Å². The van der Waals surface area contributed by atoms with Crippen molar-refractivity contribution in [3.63, 3.8) is 0 Å². The molecule has 0 aliphatic rings. The van der Waals surface area contributed by atoms with Gasteiger partial charge in [-0.3, -0.25) is 10.2 Å². The first kappa shape index (κ1) is 12.5. The van der Waals surface area contributed by atoms with Crippen molar-refractivity contribution in [3.05, 3.63) is 29.8 Å². The lowest BCUT2D eigenvalue weighted by Gasteiger charge is -2.13. The van der Waals surface area contributed by atoms with Gasteiger partial charge < -0.3 is 4.74 Å². The first-order valence-corrected chi connectivity index (χ1v) is 5.31. The highest BCUT2D eigenvalue weighted by atomic mass is 16.5. The number of hydrogen-bond donors (Lipinski definition) is 2. The Bertz CT molecular complexity index is 347. The zero-order chi connectivity index (χ0) is 12.1. The van der Waals surface area contributed by atoms with Crippen LogP contribution in [-0.2, 0) is 4.79 Å². The van der Waals surface area contributed by atoms with Gasteiger partial charge in [0.25, 0.3) is 5.91 Å². The highest BCUT2D eigenvalue weighted by molar-refractivity contribution is 5.80. The Balaban J connectivity index is 2.65.